The smallest absolute Gasteiger partial charge is 0.244 e. The Bertz CT molecular complexity index is 1580. The van der Waals surface area contributed by atoms with Crippen LogP contribution in [0.3, 0.4) is 0 Å². The lowest BCUT2D eigenvalue weighted by atomic mass is 9.84. The van der Waals surface area contributed by atoms with Crippen LogP contribution in [0.25, 0.3) is 0 Å². The lowest BCUT2D eigenvalue weighted by molar-refractivity contribution is -0.135. The van der Waals surface area contributed by atoms with Crippen molar-refractivity contribution in [2.24, 2.45) is 17.6 Å². The third kappa shape index (κ3) is 11.2. The summed E-state index contributed by atoms with van der Waals surface area (Å²) in [5.41, 5.74) is 8.09. The third-order valence-corrected chi connectivity index (χ3v) is 9.31. The standard InChI is InChI=1S/C41H54N6O5/c1-26(2)24-32-39(50)46-35(27(3)4)40(51)47-36(34(29-18-10-6-11-19-29)30-20-12-7-13-21-30)41(52)45-33(25-28-16-8-5-9-17-28)38(49)43-31(37(48)44-32)22-14-15-23-42/h5-13,16-21,26-27,31-36H,14-15,22-25,42H2,1-4H3,(H,43,49)(H,44,48)(H,45,52)(H,46,50)(H,47,51)/t31-,32-,33-,35-,36-/m1/s1. The Morgan fingerprint density at radius 1 is 0.538 bits per heavy atom. The van der Waals surface area contributed by atoms with Gasteiger partial charge in [-0.25, -0.2) is 0 Å². The van der Waals surface area contributed by atoms with E-state index in [1.165, 1.54) is 0 Å². The first-order chi connectivity index (χ1) is 25.0. The maximum absolute atomic E-state index is 14.7. The van der Waals surface area contributed by atoms with Crippen molar-refractivity contribution >= 4 is 29.5 Å². The number of rotatable bonds is 12. The van der Waals surface area contributed by atoms with Crippen LogP contribution in [-0.2, 0) is 30.4 Å². The number of hydrogen-bond acceptors (Lipinski definition) is 6. The molecule has 0 aliphatic carbocycles. The fourth-order valence-electron chi connectivity index (χ4n) is 6.56. The molecule has 278 valence electrons. The maximum Gasteiger partial charge on any atom is 0.244 e. The first-order valence-electron chi connectivity index (χ1n) is 18.3. The summed E-state index contributed by atoms with van der Waals surface area (Å²) < 4.78 is 0. The van der Waals surface area contributed by atoms with Gasteiger partial charge in [-0.1, -0.05) is 119 Å². The molecule has 52 heavy (non-hydrogen) atoms. The quantitative estimate of drug-likeness (QED) is 0.158. The van der Waals surface area contributed by atoms with Gasteiger partial charge in [0.1, 0.15) is 30.2 Å². The van der Waals surface area contributed by atoms with E-state index in [0.29, 0.717) is 25.8 Å². The molecule has 0 radical (unpaired) electrons. The molecular weight excluding hydrogens is 656 g/mol. The van der Waals surface area contributed by atoms with Gasteiger partial charge in [-0.05, 0) is 60.8 Å². The largest absolute Gasteiger partial charge is 0.343 e. The lowest BCUT2D eigenvalue weighted by Crippen LogP contribution is -2.60. The Hall–Kier alpha value is -5.03. The third-order valence-electron chi connectivity index (χ3n) is 9.31. The summed E-state index contributed by atoms with van der Waals surface area (Å²) in [6.07, 6.45) is 1.89. The van der Waals surface area contributed by atoms with Crippen LogP contribution in [0.15, 0.2) is 91.0 Å². The lowest BCUT2D eigenvalue weighted by Gasteiger charge is -2.32. The van der Waals surface area contributed by atoms with Crippen LogP contribution < -0.4 is 32.3 Å². The molecule has 0 spiro atoms. The van der Waals surface area contributed by atoms with Crippen LogP contribution in [0, 0.1) is 11.8 Å². The number of nitrogens with one attached hydrogen (secondary N) is 5. The minimum atomic E-state index is -1.20. The number of benzene rings is 3. The highest BCUT2D eigenvalue weighted by molar-refractivity contribution is 5.98. The van der Waals surface area contributed by atoms with Crippen molar-refractivity contribution in [2.45, 2.75) is 95.9 Å². The van der Waals surface area contributed by atoms with Gasteiger partial charge in [-0.3, -0.25) is 24.0 Å². The number of nitrogens with two attached hydrogens (primary N) is 1. The average Bonchev–Trinajstić information content (AvgIpc) is 3.13. The molecule has 1 fully saturated rings. The molecule has 1 saturated heterocycles. The van der Waals surface area contributed by atoms with E-state index in [0.717, 1.165) is 16.7 Å². The summed E-state index contributed by atoms with van der Waals surface area (Å²) in [6, 6.07) is 22.7. The van der Waals surface area contributed by atoms with Gasteiger partial charge >= 0.3 is 0 Å². The van der Waals surface area contributed by atoms with Gasteiger partial charge in [0.05, 0.1) is 0 Å². The molecule has 7 N–H and O–H groups in total. The maximum atomic E-state index is 14.7. The molecule has 4 rings (SSSR count). The fourth-order valence-corrected chi connectivity index (χ4v) is 6.56. The molecular formula is C41H54N6O5. The van der Waals surface area contributed by atoms with E-state index in [-0.39, 0.29) is 24.7 Å². The molecule has 11 nitrogen and oxygen atoms in total. The molecule has 1 aliphatic rings. The van der Waals surface area contributed by atoms with Crippen molar-refractivity contribution in [3.05, 3.63) is 108 Å². The number of carbonyl (C=O) groups excluding carboxylic acids is 5. The van der Waals surface area contributed by atoms with Crippen molar-refractivity contribution in [1.82, 2.24) is 26.6 Å². The Kier molecular flexibility index (Phi) is 14.9. The molecule has 0 aromatic heterocycles. The monoisotopic (exact) mass is 710 g/mol. The summed E-state index contributed by atoms with van der Waals surface area (Å²) in [7, 11) is 0. The summed E-state index contributed by atoms with van der Waals surface area (Å²) in [6.45, 7) is 7.90. The van der Waals surface area contributed by atoms with Crippen LogP contribution in [0.5, 0.6) is 0 Å². The molecule has 0 saturated carbocycles. The number of carbonyl (C=O) groups is 5. The van der Waals surface area contributed by atoms with Crippen LogP contribution in [0.4, 0.5) is 0 Å². The van der Waals surface area contributed by atoms with Crippen molar-refractivity contribution in [3.63, 3.8) is 0 Å². The summed E-state index contributed by atoms with van der Waals surface area (Å²) in [4.78, 5) is 71.1. The van der Waals surface area contributed by atoms with E-state index < -0.39 is 65.7 Å². The van der Waals surface area contributed by atoms with Gasteiger partial charge in [0.15, 0.2) is 0 Å². The Labute approximate surface area is 307 Å². The van der Waals surface area contributed by atoms with Crippen molar-refractivity contribution in [3.8, 4) is 0 Å². The molecule has 5 atom stereocenters. The topological polar surface area (TPSA) is 172 Å². The van der Waals surface area contributed by atoms with Crippen molar-refractivity contribution in [2.75, 3.05) is 6.54 Å². The highest BCUT2D eigenvalue weighted by Gasteiger charge is 2.39. The van der Waals surface area contributed by atoms with E-state index in [1.807, 2.05) is 119 Å². The SMILES string of the molecule is CC(C)C[C@H]1NC(=O)[C@@H](CCCCN)NC(=O)[C@@H](Cc2ccccc2)NC(=O)[C@@H](C(c2ccccc2)c2ccccc2)NC(=O)[C@@H](C(C)C)NC1=O. The van der Waals surface area contributed by atoms with Gasteiger partial charge in [-0.15, -0.1) is 0 Å². The van der Waals surface area contributed by atoms with Crippen LogP contribution in [-0.4, -0.2) is 66.3 Å². The van der Waals surface area contributed by atoms with Gasteiger partial charge in [-0.2, -0.15) is 0 Å². The van der Waals surface area contributed by atoms with E-state index in [2.05, 4.69) is 26.6 Å². The van der Waals surface area contributed by atoms with E-state index in [9.17, 15) is 24.0 Å². The fraction of sp³-hybridized carbons (Fsp3) is 0.439. The zero-order valence-electron chi connectivity index (χ0n) is 30.6. The van der Waals surface area contributed by atoms with Crippen molar-refractivity contribution < 1.29 is 24.0 Å². The van der Waals surface area contributed by atoms with E-state index in [1.54, 1.807) is 0 Å². The van der Waals surface area contributed by atoms with Gasteiger partial charge in [0, 0.05) is 12.3 Å². The highest BCUT2D eigenvalue weighted by Crippen LogP contribution is 2.29. The Morgan fingerprint density at radius 3 is 1.54 bits per heavy atom. The second-order valence-electron chi connectivity index (χ2n) is 14.3. The van der Waals surface area contributed by atoms with E-state index in [4.69, 9.17) is 5.73 Å². The Balaban J connectivity index is 1.87. The molecule has 3 aromatic carbocycles. The first kappa shape index (κ1) is 39.8. The number of unbranched alkanes of at least 4 members (excludes halogenated alkanes) is 1. The summed E-state index contributed by atoms with van der Waals surface area (Å²) in [5.74, 6) is -3.78. The zero-order chi connectivity index (χ0) is 37.6. The molecule has 0 bridgehead atoms. The van der Waals surface area contributed by atoms with Gasteiger partial charge < -0.3 is 32.3 Å². The predicted octanol–water partition coefficient (Wildman–Crippen LogP) is 3.33. The zero-order valence-corrected chi connectivity index (χ0v) is 30.6. The van der Waals surface area contributed by atoms with Gasteiger partial charge in [0.2, 0.25) is 29.5 Å². The minimum Gasteiger partial charge on any atom is -0.343 e. The summed E-state index contributed by atoms with van der Waals surface area (Å²) >= 11 is 0. The van der Waals surface area contributed by atoms with Crippen LogP contribution >= 0.6 is 0 Å². The van der Waals surface area contributed by atoms with Crippen molar-refractivity contribution in [1.29, 1.82) is 0 Å². The average molecular weight is 711 g/mol. The summed E-state index contributed by atoms with van der Waals surface area (Å²) in [5, 5.41) is 14.6. The second-order valence-corrected chi connectivity index (χ2v) is 14.3. The van der Waals surface area contributed by atoms with Gasteiger partial charge in [0.25, 0.3) is 0 Å². The number of hydrogen-bond donors (Lipinski definition) is 6. The van der Waals surface area contributed by atoms with Crippen LogP contribution in [0.2, 0.25) is 0 Å². The molecule has 1 aliphatic heterocycles. The highest BCUT2D eigenvalue weighted by atomic mass is 16.2. The van der Waals surface area contributed by atoms with E-state index >= 15 is 0 Å². The first-order valence-corrected chi connectivity index (χ1v) is 18.3. The molecule has 3 aromatic rings. The molecule has 11 heteroatoms. The minimum absolute atomic E-state index is 0.0219. The molecule has 5 amide bonds. The number of amides is 5. The second kappa shape index (κ2) is 19.5. The van der Waals surface area contributed by atoms with Crippen LogP contribution in [0.1, 0.15) is 76.0 Å². The Morgan fingerprint density at radius 2 is 1.00 bits per heavy atom. The molecule has 0 unspecified atom stereocenters. The molecule has 1 heterocycles. The normalized spacial score (nSPS) is 22.2. The predicted molar refractivity (Wildman–Crippen MR) is 202 cm³/mol.